The summed E-state index contributed by atoms with van der Waals surface area (Å²) in [6, 6.07) is 1.93. The van der Waals surface area contributed by atoms with Gasteiger partial charge in [0.05, 0.1) is 23.0 Å². The van der Waals surface area contributed by atoms with E-state index in [-0.39, 0.29) is 11.8 Å². The minimum Gasteiger partial charge on any atom is -0.378 e. The number of nitrogens with zero attached hydrogens (tertiary/aromatic N) is 2. The molecule has 8 nitrogen and oxygen atoms in total. The third-order valence-electron chi connectivity index (χ3n) is 4.99. The molecule has 2 amide bonds. The van der Waals surface area contributed by atoms with Crippen molar-refractivity contribution in [3.63, 3.8) is 0 Å². The maximum Gasteiger partial charge on any atom is 0.245 e. The molecule has 2 saturated heterocycles. The third kappa shape index (κ3) is 5.37. The number of rotatable bonds is 6. The second kappa shape index (κ2) is 9.13. The first-order valence-corrected chi connectivity index (χ1v) is 12.1. The van der Waals surface area contributed by atoms with Crippen LogP contribution in [-0.4, -0.2) is 75.0 Å². The van der Waals surface area contributed by atoms with Gasteiger partial charge in [0.2, 0.25) is 21.8 Å². The fraction of sp³-hybridized carbons (Fsp3) is 0.556. The number of hydrogen-bond acceptors (Lipinski definition) is 6. The van der Waals surface area contributed by atoms with Crippen molar-refractivity contribution in [2.24, 2.45) is 0 Å². The smallest absolute Gasteiger partial charge is 0.245 e. The molecule has 0 aliphatic carbocycles. The normalized spacial score (nSPS) is 22.2. The van der Waals surface area contributed by atoms with Crippen LogP contribution in [0.25, 0.3) is 5.57 Å². The van der Waals surface area contributed by atoms with Gasteiger partial charge in [0.15, 0.2) is 0 Å². The average Bonchev–Trinajstić information content (AvgIpc) is 3.27. The average molecular weight is 462 g/mol. The molecule has 0 radical (unpaired) electrons. The van der Waals surface area contributed by atoms with E-state index in [2.05, 4.69) is 4.72 Å². The Morgan fingerprint density at radius 1 is 1.34 bits per heavy atom. The van der Waals surface area contributed by atoms with Crippen LogP contribution in [-0.2, 0) is 24.3 Å². The molecular weight excluding hydrogens is 438 g/mol. The number of carbonyl (C=O) groups is 2. The SMILES string of the molecule is CC(=CS(=O)(=O)N[C@H]1CCN([C@@H](C)C(=O)N2CCOCC2)C1=O)c1ccc(Cl)s1. The van der Waals surface area contributed by atoms with E-state index >= 15 is 0 Å². The monoisotopic (exact) mass is 461 g/mol. The second-order valence-electron chi connectivity index (χ2n) is 7.05. The van der Waals surface area contributed by atoms with Crippen molar-refractivity contribution in [3.8, 4) is 0 Å². The van der Waals surface area contributed by atoms with Crippen molar-refractivity contribution in [2.75, 3.05) is 32.8 Å². The highest BCUT2D eigenvalue weighted by atomic mass is 35.5. The first-order chi connectivity index (χ1) is 13.7. The maximum atomic E-state index is 12.7. The molecule has 3 rings (SSSR count). The minimum absolute atomic E-state index is 0.143. The number of amides is 2. The van der Waals surface area contributed by atoms with Crippen molar-refractivity contribution in [1.29, 1.82) is 0 Å². The summed E-state index contributed by atoms with van der Waals surface area (Å²) < 4.78 is 33.3. The number of thiophene rings is 1. The van der Waals surface area contributed by atoms with Gasteiger partial charge in [-0.2, -0.15) is 4.72 Å². The molecular formula is C18H24ClN3O5S2. The molecule has 29 heavy (non-hydrogen) atoms. The summed E-state index contributed by atoms with van der Waals surface area (Å²) in [6.45, 7) is 5.64. The van der Waals surface area contributed by atoms with E-state index in [1.807, 2.05) is 0 Å². The van der Waals surface area contributed by atoms with Gasteiger partial charge in [0.1, 0.15) is 12.1 Å². The number of hydrogen-bond donors (Lipinski definition) is 1. The van der Waals surface area contributed by atoms with Gasteiger partial charge < -0.3 is 14.5 Å². The van der Waals surface area contributed by atoms with Gasteiger partial charge in [-0.25, -0.2) is 8.42 Å². The van der Waals surface area contributed by atoms with E-state index in [4.69, 9.17) is 16.3 Å². The standard InChI is InChI=1S/C18H24ClN3O5S2/c1-12(15-3-4-16(19)28-15)11-29(25,26)20-14-5-6-22(18(14)24)13(2)17(23)21-7-9-27-10-8-21/h3-4,11,13-14,20H,5-10H2,1-2H3/t13-,14-/m0/s1. The second-order valence-corrected chi connectivity index (χ2v) is 10.3. The Labute approximate surface area is 179 Å². The highest BCUT2D eigenvalue weighted by Gasteiger charge is 2.39. The number of ether oxygens (including phenoxy) is 1. The van der Waals surface area contributed by atoms with Gasteiger partial charge in [-0.05, 0) is 38.0 Å². The summed E-state index contributed by atoms with van der Waals surface area (Å²) in [6.07, 6.45) is 0.316. The lowest BCUT2D eigenvalue weighted by Gasteiger charge is -2.32. The largest absolute Gasteiger partial charge is 0.378 e. The van der Waals surface area contributed by atoms with Crippen LogP contribution in [0.2, 0.25) is 4.34 Å². The van der Waals surface area contributed by atoms with Gasteiger partial charge in [-0.1, -0.05) is 11.6 Å². The maximum absolute atomic E-state index is 12.7. The number of nitrogens with one attached hydrogen (secondary N) is 1. The number of carbonyl (C=O) groups excluding carboxylic acids is 2. The van der Waals surface area contributed by atoms with E-state index < -0.39 is 22.1 Å². The molecule has 2 aliphatic rings. The Morgan fingerprint density at radius 2 is 2.03 bits per heavy atom. The number of halogens is 1. The number of allylic oxidation sites excluding steroid dienone is 1. The molecule has 1 N–H and O–H groups in total. The Kier molecular flexibility index (Phi) is 7.00. The van der Waals surface area contributed by atoms with Crippen molar-refractivity contribution < 1.29 is 22.7 Å². The molecule has 1 aromatic rings. The zero-order valence-corrected chi connectivity index (χ0v) is 18.6. The summed E-state index contributed by atoms with van der Waals surface area (Å²) in [5.74, 6) is -0.525. The summed E-state index contributed by atoms with van der Waals surface area (Å²) in [4.78, 5) is 29.2. The zero-order valence-electron chi connectivity index (χ0n) is 16.3. The van der Waals surface area contributed by atoms with Gasteiger partial charge in [0, 0.05) is 24.5 Å². The zero-order chi connectivity index (χ0) is 21.2. The molecule has 2 fully saturated rings. The molecule has 0 unspecified atom stereocenters. The Morgan fingerprint density at radius 3 is 2.66 bits per heavy atom. The van der Waals surface area contributed by atoms with E-state index in [1.165, 1.54) is 16.2 Å². The Bertz CT molecular complexity index is 908. The van der Waals surface area contributed by atoms with Crippen LogP contribution < -0.4 is 4.72 Å². The Balaban J connectivity index is 1.63. The molecule has 2 aliphatic heterocycles. The first kappa shape index (κ1) is 22.2. The molecule has 1 aromatic heterocycles. The molecule has 0 spiro atoms. The lowest BCUT2D eigenvalue weighted by atomic mass is 10.2. The van der Waals surface area contributed by atoms with Gasteiger partial charge in [0.25, 0.3) is 0 Å². The van der Waals surface area contributed by atoms with Crippen LogP contribution in [0.5, 0.6) is 0 Å². The van der Waals surface area contributed by atoms with Gasteiger partial charge in [-0.15, -0.1) is 11.3 Å². The fourth-order valence-electron chi connectivity index (χ4n) is 3.43. The third-order valence-corrected chi connectivity index (χ3v) is 7.63. The summed E-state index contributed by atoms with van der Waals surface area (Å²) in [5.41, 5.74) is 0.535. The highest BCUT2D eigenvalue weighted by Crippen LogP contribution is 2.28. The number of sulfonamides is 1. The van der Waals surface area contributed by atoms with Gasteiger partial charge in [-0.3, -0.25) is 9.59 Å². The molecule has 0 saturated carbocycles. The summed E-state index contributed by atoms with van der Waals surface area (Å²) in [5, 5.41) is 1.10. The van der Waals surface area contributed by atoms with E-state index in [9.17, 15) is 18.0 Å². The lowest BCUT2D eigenvalue weighted by molar-refractivity contribution is -0.146. The molecule has 3 heterocycles. The predicted molar refractivity (Wildman–Crippen MR) is 112 cm³/mol. The molecule has 0 bridgehead atoms. The van der Waals surface area contributed by atoms with Crippen molar-refractivity contribution in [2.45, 2.75) is 32.4 Å². The first-order valence-electron chi connectivity index (χ1n) is 9.31. The van der Waals surface area contributed by atoms with Crippen LogP contribution in [0.3, 0.4) is 0 Å². The Hall–Kier alpha value is -1.46. The lowest BCUT2D eigenvalue weighted by Crippen LogP contribution is -2.52. The quantitative estimate of drug-likeness (QED) is 0.693. The van der Waals surface area contributed by atoms with E-state index in [0.29, 0.717) is 49.2 Å². The highest BCUT2D eigenvalue weighted by molar-refractivity contribution is 7.92. The molecule has 2 atom stereocenters. The molecule has 0 aromatic carbocycles. The van der Waals surface area contributed by atoms with E-state index in [0.717, 1.165) is 10.3 Å². The number of morpholine rings is 1. The van der Waals surface area contributed by atoms with E-state index in [1.54, 1.807) is 30.9 Å². The van der Waals surface area contributed by atoms with Gasteiger partial charge >= 0.3 is 0 Å². The number of likely N-dealkylation sites (tertiary alicyclic amines) is 1. The molecule has 160 valence electrons. The van der Waals surface area contributed by atoms with Crippen LogP contribution >= 0.6 is 22.9 Å². The van der Waals surface area contributed by atoms with Crippen LogP contribution in [0.4, 0.5) is 0 Å². The van der Waals surface area contributed by atoms with Crippen LogP contribution in [0, 0.1) is 0 Å². The topological polar surface area (TPSA) is 96.0 Å². The van der Waals surface area contributed by atoms with Crippen molar-refractivity contribution in [1.82, 2.24) is 14.5 Å². The summed E-state index contributed by atoms with van der Waals surface area (Å²) >= 11 is 7.18. The van der Waals surface area contributed by atoms with Crippen LogP contribution in [0.1, 0.15) is 25.1 Å². The van der Waals surface area contributed by atoms with Crippen LogP contribution in [0.15, 0.2) is 17.5 Å². The predicted octanol–water partition coefficient (Wildman–Crippen LogP) is 1.53. The van der Waals surface area contributed by atoms with Crippen molar-refractivity contribution >= 4 is 50.3 Å². The summed E-state index contributed by atoms with van der Waals surface area (Å²) in [7, 11) is -3.83. The minimum atomic E-state index is -3.83. The van der Waals surface area contributed by atoms with Crippen molar-refractivity contribution in [3.05, 3.63) is 26.8 Å². The molecule has 11 heteroatoms. The fourth-order valence-corrected chi connectivity index (χ4v) is 5.79.